The largest absolute Gasteiger partial charge is 0.465 e. The zero-order valence-corrected chi connectivity index (χ0v) is 13.9. The Bertz CT molecular complexity index is 301. The van der Waals surface area contributed by atoms with Gasteiger partial charge in [0.15, 0.2) is 0 Å². The number of ether oxygens (including phenoxy) is 1. The third kappa shape index (κ3) is 4.74. The minimum atomic E-state index is -0.576. The Balaban J connectivity index is 2.62. The molecule has 0 aromatic carbocycles. The molecule has 0 spiro atoms. The van der Waals surface area contributed by atoms with Gasteiger partial charge in [-0.1, -0.05) is 13.8 Å². The van der Waals surface area contributed by atoms with Crippen molar-refractivity contribution in [1.29, 1.82) is 0 Å². The molecule has 0 saturated carbocycles. The number of hydrogen-bond donors (Lipinski definition) is 1. The molecule has 1 heterocycles. The van der Waals surface area contributed by atoms with Crippen molar-refractivity contribution in [2.45, 2.75) is 65.5 Å². The third-order valence-electron chi connectivity index (χ3n) is 4.44. The summed E-state index contributed by atoms with van der Waals surface area (Å²) in [7, 11) is 0. The standard InChI is InChI=1S/C16H32N2O2/c1-6-17-16(5,15(19)20-7-2)12-14(4)18-10-8-13(3)9-11-18/h13-14,17H,6-12H2,1-5H3. The maximum Gasteiger partial charge on any atom is 0.326 e. The van der Waals surface area contributed by atoms with Crippen LogP contribution in [0.15, 0.2) is 0 Å². The van der Waals surface area contributed by atoms with Gasteiger partial charge in [0.25, 0.3) is 0 Å². The molecule has 1 aliphatic rings. The molecule has 2 unspecified atom stereocenters. The number of likely N-dealkylation sites (tertiary alicyclic amines) is 1. The Hall–Kier alpha value is -0.610. The van der Waals surface area contributed by atoms with Crippen molar-refractivity contribution in [2.24, 2.45) is 5.92 Å². The summed E-state index contributed by atoms with van der Waals surface area (Å²) in [6.07, 6.45) is 3.33. The monoisotopic (exact) mass is 284 g/mol. The Morgan fingerprint density at radius 3 is 2.50 bits per heavy atom. The maximum absolute atomic E-state index is 12.2. The second-order valence-corrected chi connectivity index (χ2v) is 6.35. The zero-order chi connectivity index (χ0) is 15.2. The molecule has 118 valence electrons. The van der Waals surface area contributed by atoms with Gasteiger partial charge in [0, 0.05) is 6.04 Å². The number of rotatable bonds is 7. The van der Waals surface area contributed by atoms with Crippen LogP contribution >= 0.6 is 0 Å². The van der Waals surface area contributed by atoms with Gasteiger partial charge in [-0.15, -0.1) is 0 Å². The molecule has 1 fully saturated rings. The summed E-state index contributed by atoms with van der Waals surface area (Å²) in [6, 6.07) is 0.399. The van der Waals surface area contributed by atoms with Gasteiger partial charge in [-0.3, -0.25) is 4.79 Å². The zero-order valence-electron chi connectivity index (χ0n) is 13.9. The summed E-state index contributed by atoms with van der Waals surface area (Å²) >= 11 is 0. The normalized spacial score (nSPS) is 22.2. The molecule has 0 amide bonds. The maximum atomic E-state index is 12.2. The fraction of sp³-hybridized carbons (Fsp3) is 0.938. The minimum absolute atomic E-state index is 0.126. The molecule has 1 aliphatic heterocycles. The highest BCUT2D eigenvalue weighted by Crippen LogP contribution is 2.23. The summed E-state index contributed by atoms with van der Waals surface area (Å²) in [5.74, 6) is 0.711. The van der Waals surface area contributed by atoms with Gasteiger partial charge in [0.05, 0.1) is 6.61 Å². The van der Waals surface area contributed by atoms with E-state index < -0.39 is 5.54 Å². The van der Waals surface area contributed by atoms with Gasteiger partial charge in [-0.25, -0.2) is 0 Å². The van der Waals surface area contributed by atoms with E-state index in [1.54, 1.807) is 0 Å². The molecule has 1 saturated heterocycles. The van der Waals surface area contributed by atoms with Crippen molar-refractivity contribution in [2.75, 3.05) is 26.2 Å². The molecule has 4 heteroatoms. The highest BCUT2D eigenvalue weighted by atomic mass is 16.5. The fourth-order valence-electron chi connectivity index (χ4n) is 3.10. The first-order chi connectivity index (χ1) is 9.42. The quantitative estimate of drug-likeness (QED) is 0.729. The molecular weight excluding hydrogens is 252 g/mol. The molecule has 1 N–H and O–H groups in total. The smallest absolute Gasteiger partial charge is 0.326 e. The van der Waals surface area contributed by atoms with Gasteiger partial charge < -0.3 is 15.0 Å². The van der Waals surface area contributed by atoms with E-state index in [9.17, 15) is 4.79 Å². The van der Waals surface area contributed by atoms with Crippen LogP contribution < -0.4 is 5.32 Å². The first-order valence-electron chi connectivity index (χ1n) is 8.09. The molecule has 4 nitrogen and oxygen atoms in total. The van der Waals surface area contributed by atoms with Crippen molar-refractivity contribution in [3.05, 3.63) is 0 Å². The molecule has 1 rings (SSSR count). The molecule has 0 aliphatic carbocycles. The van der Waals surface area contributed by atoms with Crippen LogP contribution in [0.5, 0.6) is 0 Å². The van der Waals surface area contributed by atoms with Crippen LogP contribution in [0.2, 0.25) is 0 Å². The van der Waals surface area contributed by atoms with E-state index in [0.29, 0.717) is 12.6 Å². The number of esters is 1. The van der Waals surface area contributed by atoms with E-state index in [0.717, 1.165) is 32.0 Å². The predicted molar refractivity (Wildman–Crippen MR) is 82.8 cm³/mol. The number of nitrogens with zero attached hydrogens (tertiary/aromatic N) is 1. The molecule has 20 heavy (non-hydrogen) atoms. The van der Waals surface area contributed by atoms with E-state index in [1.807, 2.05) is 20.8 Å². The lowest BCUT2D eigenvalue weighted by Crippen LogP contribution is -2.54. The average molecular weight is 284 g/mol. The van der Waals surface area contributed by atoms with E-state index in [4.69, 9.17) is 4.74 Å². The molecule has 0 radical (unpaired) electrons. The predicted octanol–water partition coefficient (Wildman–Crippen LogP) is 2.43. The van der Waals surface area contributed by atoms with Gasteiger partial charge in [-0.05, 0) is 65.6 Å². The van der Waals surface area contributed by atoms with E-state index in [1.165, 1.54) is 12.8 Å². The average Bonchev–Trinajstić information content (AvgIpc) is 2.39. The van der Waals surface area contributed by atoms with Crippen molar-refractivity contribution in [1.82, 2.24) is 10.2 Å². The van der Waals surface area contributed by atoms with Crippen molar-refractivity contribution < 1.29 is 9.53 Å². The van der Waals surface area contributed by atoms with Crippen molar-refractivity contribution >= 4 is 5.97 Å². The molecule has 0 aromatic heterocycles. The molecule has 0 aromatic rings. The van der Waals surface area contributed by atoms with Gasteiger partial charge in [0.1, 0.15) is 5.54 Å². The number of hydrogen-bond acceptors (Lipinski definition) is 4. The second-order valence-electron chi connectivity index (χ2n) is 6.35. The van der Waals surface area contributed by atoms with Crippen LogP contribution in [0.3, 0.4) is 0 Å². The Kier molecular flexibility index (Phi) is 6.96. The Morgan fingerprint density at radius 2 is 2.00 bits per heavy atom. The van der Waals surface area contributed by atoms with Gasteiger partial charge in [0.2, 0.25) is 0 Å². The highest BCUT2D eigenvalue weighted by molar-refractivity contribution is 5.80. The summed E-state index contributed by atoms with van der Waals surface area (Å²) in [5, 5.41) is 3.32. The van der Waals surface area contributed by atoms with E-state index >= 15 is 0 Å². The lowest BCUT2D eigenvalue weighted by atomic mass is 9.90. The van der Waals surface area contributed by atoms with E-state index in [-0.39, 0.29) is 5.97 Å². The lowest BCUT2D eigenvalue weighted by Gasteiger charge is -2.39. The first-order valence-corrected chi connectivity index (χ1v) is 8.09. The minimum Gasteiger partial charge on any atom is -0.465 e. The van der Waals surface area contributed by atoms with Crippen LogP contribution in [0.1, 0.15) is 53.9 Å². The number of piperidine rings is 1. The fourth-order valence-corrected chi connectivity index (χ4v) is 3.10. The highest BCUT2D eigenvalue weighted by Gasteiger charge is 2.37. The van der Waals surface area contributed by atoms with Crippen molar-refractivity contribution in [3.8, 4) is 0 Å². The van der Waals surface area contributed by atoms with Crippen LogP contribution in [0.25, 0.3) is 0 Å². The summed E-state index contributed by atoms with van der Waals surface area (Å²) in [6.45, 7) is 13.9. The van der Waals surface area contributed by atoms with Crippen LogP contribution in [-0.4, -0.2) is 48.7 Å². The first kappa shape index (κ1) is 17.4. The van der Waals surface area contributed by atoms with Crippen LogP contribution in [-0.2, 0) is 9.53 Å². The van der Waals surface area contributed by atoms with Gasteiger partial charge >= 0.3 is 5.97 Å². The topological polar surface area (TPSA) is 41.6 Å². The van der Waals surface area contributed by atoms with Gasteiger partial charge in [-0.2, -0.15) is 0 Å². The lowest BCUT2D eigenvalue weighted by molar-refractivity contribution is -0.151. The number of carbonyl (C=O) groups excluding carboxylic acids is 1. The van der Waals surface area contributed by atoms with Crippen LogP contribution in [0, 0.1) is 5.92 Å². The summed E-state index contributed by atoms with van der Waals surface area (Å²) < 4.78 is 5.24. The Morgan fingerprint density at radius 1 is 1.40 bits per heavy atom. The van der Waals surface area contributed by atoms with Crippen molar-refractivity contribution in [3.63, 3.8) is 0 Å². The second kappa shape index (κ2) is 7.99. The number of nitrogens with one attached hydrogen (secondary N) is 1. The molecule has 2 atom stereocenters. The summed E-state index contributed by atoms with van der Waals surface area (Å²) in [5.41, 5.74) is -0.576. The third-order valence-corrected chi connectivity index (χ3v) is 4.44. The summed E-state index contributed by atoms with van der Waals surface area (Å²) in [4.78, 5) is 14.7. The van der Waals surface area contributed by atoms with Crippen LogP contribution in [0.4, 0.5) is 0 Å². The Labute approximate surface area is 124 Å². The SMILES string of the molecule is CCNC(C)(CC(C)N1CCC(C)CC1)C(=O)OCC. The molecule has 0 bridgehead atoms. The number of carbonyl (C=O) groups is 1. The number of likely N-dealkylation sites (N-methyl/N-ethyl adjacent to an activating group) is 1. The molecular formula is C16H32N2O2. The van der Waals surface area contributed by atoms with E-state index in [2.05, 4.69) is 24.1 Å².